The Morgan fingerprint density at radius 3 is 2.79 bits per heavy atom. The van der Waals surface area contributed by atoms with Gasteiger partial charge in [-0.1, -0.05) is 18.2 Å². The fraction of sp³-hybridized carbons (Fsp3) is 0.176. The summed E-state index contributed by atoms with van der Waals surface area (Å²) in [6, 6.07) is 12.5. The second kappa shape index (κ2) is 6.99. The van der Waals surface area contributed by atoms with Crippen molar-refractivity contribution in [3.8, 4) is 0 Å². The molecule has 1 saturated heterocycles. The average molecular weight is 329 g/mol. The number of ether oxygens (including phenoxy) is 1. The summed E-state index contributed by atoms with van der Waals surface area (Å²) in [6.07, 6.45) is -0.371. The van der Waals surface area contributed by atoms with Gasteiger partial charge in [0.2, 0.25) is 0 Å². The lowest BCUT2D eigenvalue weighted by Gasteiger charge is -2.14. The topological polar surface area (TPSA) is 70.7 Å². The molecule has 1 aliphatic rings. The van der Waals surface area contributed by atoms with Gasteiger partial charge in [0.15, 0.2) is 0 Å². The molecule has 0 radical (unpaired) electrons. The van der Waals surface area contributed by atoms with Gasteiger partial charge in [-0.25, -0.2) is 14.0 Å². The number of benzene rings is 2. The zero-order chi connectivity index (χ0) is 16.9. The highest BCUT2D eigenvalue weighted by atomic mass is 19.1. The number of cyclic esters (lactones) is 1. The number of hydrogen-bond acceptors (Lipinski definition) is 3. The highest BCUT2D eigenvalue weighted by Gasteiger charge is 2.23. The van der Waals surface area contributed by atoms with Crippen molar-refractivity contribution in [2.45, 2.75) is 6.54 Å². The molecule has 2 aromatic rings. The van der Waals surface area contributed by atoms with E-state index in [0.717, 1.165) is 11.3 Å². The molecule has 6 nitrogen and oxygen atoms in total. The maximum atomic E-state index is 13.1. The van der Waals surface area contributed by atoms with Gasteiger partial charge in [0.05, 0.1) is 6.54 Å². The van der Waals surface area contributed by atoms with Gasteiger partial charge in [-0.2, -0.15) is 0 Å². The first kappa shape index (κ1) is 15.8. The van der Waals surface area contributed by atoms with Crippen molar-refractivity contribution in [3.63, 3.8) is 0 Å². The summed E-state index contributed by atoms with van der Waals surface area (Å²) in [6.45, 7) is 1.16. The van der Waals surface area contributed by atoms with E-state index in [-0.39, 0.29) is 12.6 Å². The Bertz CT molecular complexity index is 766. The van der Waals surface area contributed by atoms with Crippen LogP contribution in [0.1, 0.15) is 5.56 Å². The van der Waals surface area contributed by atoms with Gasteiger partial charge in [-0.05, 0) is 35.9 Å². The van der Waals surface area contributed by atoms with Gasteiger partial charge in [-0.15, -0.1) is 0 Å². The average Bonchev–Trinajstić information content (AvgIpc) is 2.99. The summed E-state index contributed by atoms with van der Waals surface area (Å²) in [5, 5.41) is 5.24. The molecule has 0 spiro atoms. The Morgan fingerprint density at radius 2 is 2.04 bits per heavy atom. The third-order valence-corrected chi connectivity index (χ3v) is 3.52. The molecule has 1 aliphatic heterocycles. The van der Waals surface area contributed by atoms with Gasteiger partial charge in [0.25, 0.3) is 0 Å². The third-order valence-electron chi connectivity index (χ3n) is 3.52. The number of nitrogens with zero attached hydrogens (tertiary/aromatic N) is 1. The quantitative estimate of drug-likeness (QED) is 0.905. The smallest absolute Gasteiger partial charge is 0.414 e. The number of carbonyl (C=O) groups is 2. The van der Waals surface area contributed by atoms with E-state index in [0.29, 0.717) is 18.8 Å². The van der Waals surface area contributed by atoms with Gasteiger partial charge in [0, 0.05) is 17.9 Å². The maximum absolute atomic E-state index is 13.1. The number of rotatable bonds is 4. The Hall–Kier alpha value is -3.09. The molecule has 0 saturated carbocycles. The van der Waals surface area contributed by atoms with Gasteiger partial charge in [0.1, 0.15) is 12.4 Å². The summed E-state index contributed by atoms with van der Waals surface area (Å²) in [4.78, 5) is 25.0. The fourth-order valence-corrected chi connectivity index (χ4v) is 2.39. The van der Waals surface area contributed by atoms with Crippen LogP contribution in [0.5, 0.6) is 0 Å². The van der Waals surface area contributed by atoms with E-state index in [9.17, 15) is 14.0 Å². The van der Waals surface area contributed by atoms with Crippen LogP contribution in [0, 0.1) is 5.82 Å². The maximum Gasteiger partial charge on any atom is 0.414 e. The van der Waals surface area contributed by atoms with E-state index in [1.54, 1.807) is 6.07 Å². The van der Waals surface area contributed by atoms with Crippen molar-refractivity contribution in [1.82, 2.24) is 5.32 Å². The lowest BCUT2D eigenvalue weighted by molar-refractivity contribution is 0.181. The van der Waals surface area contributed by atoms with Crippen LogP contribution in [0.4, 0.5) is 25.4 Å². The molecule has 124 valence electrons. The van der Waals surface area contributed by atoms with Crippen LogP contribution in [0.25, 0.3) is 0 Å². The van der Waals surface area contributed by atoms with E-state index in [4.69, 9.17) is 4.74 Å². The van der Waals surface area contributed by atoms with Gasteiger partial charge >= 0.3 is 12.1 Å². The lowest BCUT2D eigenvalue weighted by atomic mass is 10.2. The Kier molecular flexibility index (Phi) is 4.60. The first-order valence-corrected chi connectivity index (χ1v) is 7.45. The zero-order valence-corrected chi connectivity index (χ0v) is 12.8. The summed E-state index contributed by atoms with van der Waals surface area (Å²) in [7, 11) is 0. The number of carbonyl (C=O) groups excluding carboxylic acids is 2. The van der Waals surface area contributed by atoms with Crippen LogP contribution in [0.3, 0.4) is 0 Å². The highest BCUT2D eigenvalue weighted by molar-refractivity contribution is 5.90. The molecule has 0 aromatic heterocycles. The van der Waals surface area contributed by atoms with E-state index in [1.165, 1.54) is 23.1 Å². The second-order valence-corrected chi connectivity index (χ2v) is 5.25. The highest BCUT2D eigenvalue weighted by Crippen LogP contribution is 2.20. The van der Waals surface area contributed by atoms with Crippen molar-refractivity contribution in [2.75, 3.05) is 23.4 Å². The SMILES string of the molecule is O=C(NCc1cccc(N2CCOC2=O)c1)Nc1cccc(F)c1. The van der Waals surface area contributed by atoms with Crippen molar-refractivity contribution < 1.29 is 18.7 Å². The molecule has 3 amide bonds. The predicted molar refractivity (Wildman–Crippen MR) is 87.4 cm³/mol. The summed E-state index contributed by atoms with van der Waals surface area (Å²) in [5.41, 5.74) is 1.94. The molecular weight excluding hydrogens is 313 g/mol. The molecule has 0 aliphatic carbocycles. The molecule has 0 atom stereocenters. The molecule has 7 heteroatoms. The molecule has 1 heterocycles. The van der Waals surface area contributed by atoms with E-state index in [1.807, 2.05) is 24.3 Å². The Labute approximate surface area is 138 Å². The number of hydrogen-bond donors (Lipinski definition) is 2. The number of nitrogens with one attached hydrogen (secondary N) is 2. The van der Waals surface area contributed by atoms with Crippen LogP contribution in [-0.4, -0.2) is 25.3 Å². The fourth-order valence-electron chi connectivity index (χ4n) is 2.39. The van der Waals surface area contributed by atoms with E-state index < -0.39 is 11.8 Å². The normalized spacial score (nSPS) is 13.5. The van der Waals surface area contributed by atoms with Gasteiger partial charge in [-0.3, -0.25) is 4.90 Å². The minimum atomic E-state index is -0.438. The largest absolute Gasteiger partial charge is 0.447 e. The Morgan fingerprint density at radius 1 is 1.21 bits per heavy atom. The molecule has 0 bridgehead atoms. The molecule has 24 heavy (non-hydrogen) atoms. The van der Waals surface area contributed by atoms with Crippen molar-refractivity contribution in [3.05, 3.63) is 59.9 Å². The number of urea groups is 1. The van der Waals surface area contributed by atoms with E-state index >= 15 is 0 Å². The third kappa shape index (κ3) is 3.81. The predicted octanol–water partition coefficient (Wildman–Crippen LogP) is 3.10. The number of amides is 3. The minimum absolute atomic E-state index is 0.276. The molecule has 2 aromatic carbocycles. The molecule has 3 rings (SSSR count). The van der Waals surface area contributed by atoms with Crippen molar-refractivity contribution in [1.29, 1.82) is 0 Å². The van der Waals surface area contributed by atoms with Crippen LogP contribution >= 0.6 is 0 Å². The zero-order valence-electron chi connectivity index (χ0n) is 12.8. The number of halogens is 1. The van der Waals surface area contributed by atoms with Crippen molar-refractivity contribution >= 4 is 23.5 Å². The second-order valence-electron chi connectivity index (χ2n) is 5.25. The molecule has 0 unspecified atom stereocenters. The minimum Gasteiger partial charge on any atom is -0.447 e. The first-order valence-electron chi connectivity index (χ1n) is 7.45. The monoisotopic (exact) mass is 329 g/mol. The first-order chi connectivity index (χ1) is 11.6. The van der Waals surface area contributed by atoms with Gasteiger partial charge < -0.3 is 15.4 Å². The summed E-state index contributed by atoms with van der Waals surface area (Å²) < 4.78 is 18.0. The summed E-state index contributed by atoms with van der Waals surface area (Å²) in [5.74, 6) is -0.419. The molecule has 2 N–H and O–H groups in total. The van der Waals surface area contributed by atoms with Crippen LogP contribution < -0.4 is 15.5 Å². The van der Waals surface area contributed by atoms with Crippen molar-refractivity contribution in [2.24, 2.45) is 0 Å². The van der Waals surface area contributed by atoms with E-state index in [2.05, 4.69) is 10.6 Å². The summed E-state index contributed by atoms with van der Waals surface area (Å²) >= 11 is 0. The molecule has 1 fully saturated rings. The van der Waals surface area contributed by atoms with Crippen LogP contribution in [-0.2, 0) is 11.3 Å². The molecular formula is C17H16FN3O3. The van der Waals surface area contributed by atoms with Crippen LogP contribution in [0.15, 0.2) is 48.5 Å². The van der Waals surface area contributed by atoms with Crippen LogP contribution in [0.2, 0.25) is 0 Å². The number of anilines is 2. The lowest BCUT2D eigenvalue weighted by Crippen LogP contribution is -2.28. The standard InChI is InChI=1S/C17H16FN3O3/c18-13-4-2-5-14(10-13)20-16(22)19-11-12-3-1-6-15(9-12)21-7-8-24-17(21)23/h1-6,9-10H,7-8,11H2,(H2,19,20,22). The Balaban J connectivity index is 1.58.